The maximum Gasteiger partial charge on any atom is 0.174 e. The summed E-state index contributed by atoms with van der Waals surface area (Å²) in [5, 5.41) is 11.3. The fourth-order valence-corrected chi connectivity index (χ4v) is 4.81. The minimum atomic E-state index is -0.560. The van der Waals surface area contributed by atoms with Crippen LogP contribution in [0.3, 0.4) is 0 Å². The molecule has 0 aliphatic heterocycles. The van der Waals surface area contributed by atoms with Crippen LogP contribution >= 0.6 is 0 Å². The number of Topliss-reactive ketones (excluding diaryl/α,β-unsaturated/α-hetero) is 1. The van der Waals surface area contributed by atoms with E-state index in [0.29, 0.717) is 11.3 Å². The molecule has 0 fully saturated rings. The topological polar surface area (TPSA) is 46.5 Å². The van der Waals surface area contributed by atoms with Crippen LogP contribution in [0.5, 0.6) is 11.5 Å². The number of ether oxygens (including phenoxy) is 1. The zero-order chi connectivity index (χ0) is 29.1. The van der Waals surface area contributed by atoms with Gasteiger partial charge in [0.05, 0.1) is 13.0 Å². The summed E-state index contributed by atoms with van der Waals surface area (Å²) in [7, 11) is 1.63. The maximum absolute atomic E-state index is 14.3. The van der Waals surface area contributed by atoms with Crippen molar-refractivity contribution in [3.63, 3.8) is 0 Å². The van der Waals surface area contributed by atoms with Gasteiger partial charge in [-0.1, -0.05) is 108 Å². The van der Waals surface area contributed by atoms with E-state index < -0.39 is 5.92 Å². The van der Waals surface area contributed by atoms with E-state index in [1.165, 1.54) is 0 Å². The smallest absolute Gasteiger partial charge is 0.174 e. The summed E-state index contributed by atoms with van der Waals surface area (Å²) in [5.41, 5.74) is 5.14. The monoisotopic (exact) mass is 530 g/mol. The molecule has 4 rings (SSSR count). The molecule has 0 bridgehead atoms. The first-order chi connectivity index (χ1) is 18.9. The van der Waals surface area contributed by atoms with Crippen molar-refractivity contribution in [2.75, 3.05) is 7.11 Å². The number of ketones is 1. The Morgan fingerprint density at radius 2 is 1.20 bits per heavy atom. The van der Waals surface area contributed by atoms with Gasteiger partial charge in [-0.25, -0.2) is 0 Å². The molecule has 3 heteroatoms. The molecule has 0 spiro atoms. The fraction of sp³-hybridized carbons (Fsp3) is 0.270. The fourth-order valence-electron chi connectivity index (χ4n) is 4.81. The first-order valence-electron chi connectivity index (χ1n) is 13.6. The van der Waals surface area contributed by atoms with Crippen LogP contribution < -0.4 is 4.74 Å². The molecule has 40 heavy (non-hydrogen) atoms. The predicted octanol–water partition coefficient (Wildman–Crippen LogP) is 8.41. The van der Waals surface area contributed by atoms with Gasteiger partial charge in [-0.3, -0.25) is 4.79 Å². The molecule has 0 aromatic heterocycles. The lowest BCUT2D eigenvalue weighted by atomic mass is 9.75. The molecule has 204 valence electrons. The van der Waals surface area contributed by atoms with Gasteiger partial charge >= 0.3 is 0 Å². The van der Waals surface area contributed by atoms with Gasteiger partial charge in [0.1, 0.15) is 11.5 Å². The van der Waals surface area contributed by atoms with Crippen molar-refractivity contribution in [2.24, 2.45) is 0 Å². The summed E-state index contributed by atoms with van der Waals surface area (Å²) in [5.74, 6) is 6.80. The lowest BCUT2D eigenvalue weighted by Crippen LogP contribution is -2.21. The van der Waals surface area contributed by atoms with Gasteiger partial charge in [0.25, 0.3) is 0 Å². The molecule has 4 aromatic carbocycles. The van der Waals surface area contributed by atoms with E-state index in [1.54, 1.807) is 7.11 Å². The van der Waals surface area contributed by atoms with Gasteiger partial charge in [-0.2, -0.15) is 0 Å². The van der Waals surface area contributed by atoms with Crippen molar-refractivity contribution in [3.8, 4) is 23.3 Å². The summed E-state index contributed by atoms with van der Waals surface area (Å²) < 4.78 is 5.38. The van der Waals surface area contributed by atoms with Crippen LogP contribution in [0.2, 0.25) is 0 Å². The number of hydrogen-bond donors (Lipinski definition) is 1. The molecular formula is C37H38O3. The number of aromatic hydroxyl groups is 1. The third kappa shape index (κ3) is 6.46. The normalized spacial score (nSPS) is 12.3. The van der Waals surface area contributed by atoms with Crippen molar-refractivity contribution in [1.29, 1.82) is 0 Å². The van der Waals surface area contributed by atoms with Crippen LogP contribution in [0, 0.1) is 11.8 Å². The quantitative estimate of drug-likeness (QED) is 0.208. The maximum atomic E-state index is 14.3. The van der Waals surface area contributed by atoms with Gasteiger partial charge in [0.2, 0.25) is 0 Å². The molecule has 3 nitrogen and oxygen atoms in total. The average molecular weight is 531 g/mol. The SMILES string of the molecule is COc1ccc(C(C(=O)c2ccc(C#Cc3ccccc3)cc2)c2cc(C(C)(C)C)c(O)c(C(C)(C)C)c2)cc1. The van der Waals surface area contributed by atoms with Crippen LogP contribution in [-0.2, 0) is 10.8 Å². The molecule has 1 unspecified atom stereocenters. The van der Waals surface area contributed by atoms with Crippen LogP contribution in [-0.4, -0.2) is 18.0 Å². The highest BCUT2D eigenvalue weighted by molar-refractivity contribution is 6.03. The van der Waals surface area contributed by atoms with Crippen LogP contribution in [0.15, 0.2) is 91.0 Å². The third-order valence-corrected chi connectivity index (χ3v) is 7.09. The van der Waals surface area contributed by atoms with Gasteiger partial charge < -0.3 is 9.84 Å². The number of hydrogen-bond acceptors (Lipinski definition) is 3. The summed E-state index contributed by atoms with van der Waals surface area (Å²) in [6.45, 7) is 12.5. The summed E-state index contributed by atoms with van der Waals surface area (Å²) >= 11 is 0. The number of carbonyl (C=O) groups is 1. The Morgan fingerprint density at radius 3 is 1.68 bits per heavy atom. The Balaban J connectivity index is 1.82. The molecule has 0 amide bonds. The van der Waals surface area contributed by atoms with Crippen molar-refractivity contribution in [1.82, 2.24) is 0 Å². The van der Waals surface area contributed by atoms with Gasteiger partial charge in [0.15, 0.2) is 5.78 Å². The minimum Gasteiger partial charge on any atom is -0.507 e. The minimum absolute atomic E-state index is 0.0156. The molecule has 0 aliphatic carbocycles. The van der Waals surface area contributed by atoms with Crippen LogP contribution in [0.4, 0.5) is 0 Å². The molecule has 0 heterocycles. The van der Waals surface area contributed by atoms with Gasteiger partial charge in [-0.15, -0.1) is 0 Å². The number of methoxy groups -OCH3 is 1. The molecule has 1 atom stereocenters. The number of rotatable bonds is 5. The molecule has 0 saturated carbocycles. The molecule has 4 aromatic rings. The second-order valence-corrected chi connectivity index (χ2v) is 12.2. The van der Waals surface area contributed by atoms with Crippen molar-refractivity contribution in [3.05, 3.63) is 130 Å². The van der Waals surface area contributed by atoms with Crippen molar-refractivity contribution >= 4 is 5.78 Å². The standard InChI is InChI=1S/C37H38O3/c1-36(2,3)31-23-29(24-32(35(31)39)37(4,5)6)33(27-19-21-30(40-7)22-20-27)34(38)28-17-15-26(16-18-28)14-13-25-11-9-8-10-12-25/h8-12,15-24,33,39H,1-7H3. The summed E-state index contributed by atoms with van der Waals surface area (Å²) in [6.07, 6.45) is 0. The summed E-state index contributed by atoms with van der Waals surface area (Å²) in [4.78, 5) is 14.3. The largest absolute Gasteiger partial charge is 0.507 e. The first kappa shape index (κ1) is 28.7. The lowest BCUT2D eigenvalue weighted by Gasteiger charge is -2.30. The molecular weight excluding hydrogens is 492 g/mol. The third-order valence-electron chi connectivity index (χ3n) is 7.09. The highest BCUT2D eigenvalue weighted by Gasteiger charge is 2.31. The van der Waals surface area contributed by atoms with E-state index in [-0.39, 0.29) is 16.6 Å². The highest BCUT2D eigenvalue weighted by atomic mass is 16.5. The Labute approximate surface area is 238 Å². The number of phenols is 1. The van der Waals surface area contributed by atoms with E-state index in [9.17, 15) is 9.90 Å². The molecule has 0 saturated heterocycles. The Morgan fingerprint density at radius 1 is 0.700 bits per heavy atom. The van der Waals surface area contributed by atoms with Gasteiger partial charge in [0, 0.05) is 16.7 Å². The second-order valence-electron chi connectivity index (χ2n) is 12.2. The summed E-state index contributed by atoms with van der Waals surface area (Å²) in [6, 6.07) is 29.0. The van der Waals surface area contributed by atoms with E-state index in [2.05, 4.69) is 53.4 Å². The number of benzene rings is 4. The number of carbonyl (C=O) groups excluding carboxylic acids is 1. The predicted molar refractivity (Wildman–Crippen MR) is 164 cm³/mol. The zero-order valence-electron chi connectivity index (χ0n) is 24.5. The second kappa shape index (κ2) is 11.4. The van der Waals surface area contributed by atoms with Crippen molar-refractivity contribution in [2.45, 2.75) is 58.3 Å². The van der Waals surface area contributed by atoms with E-state index in [4.69, 9.17) is 4.74 Å². The molecule has 0 radical (unpaired) electrons. The Bertz CT molecular complexity index is 1500. The van der Waals surface area contributed by atoms with Crippen LogP contribution in [0.1, 0.15) is 91.2 Å². The lowest BCUT2D eigenvalue weighted by molar-refractivity contribution is 0.0973. The highest BCUT2D eigenvalue weighted by Crippen LogP contribution is 2.43. The average Bonchev–Trinajstić information content (AvgIpc) is 2.92. The molecule has 1 N–H and O–H groups in total. The van der Waals surface area contributed by atoms with Gasteiger partial charge in [-0.05, 0) is 69.5 Å². The first-order valence-corrected chi connectivity index (χ1v) is 13.6. The van der Waals surface area contributed by atoms with E-state index in [0.717, 1.165) is 39.1 Å². The molecule has 0 aliphatic rings. The van der Waals surface area contributed by atoms with Crippen LogP contribution in [0.25, 0.3) is 0 Å². The number of phenolic OH excluding ortho intramolecular Hbond substituents is 1. The van der Waals surface area contributed by atoms with E-state index in [1.807, 2.05) is 91.0 Å². The van der Waals surface area contributed by atoms with E-state index >= 15 is 0 Å². The Kier molecular flexibility index (Phi) is 8.21. The zero-order valence-corrected chi connectivity index (χ0v) is 24.5. The Hall–Kier alpha value is -4.29. The van der Waals surface area contributed by atoms with Crippen molar-refractivity contribution < 1.29 is 14.6 Å².